The molecule has 96 valence electrons. The summed E-state index contributed by atoms with van der Waals surface area (Å²) in [7, 11) is 0. The van der Waals surface area contributed by atoms with Crippen molar-refractivity contribution in [3.05, 3.63) is 57.2 Å². The number of hydrogen-bond acceptors (Lipinski definition) is 2. The lowest BCUT2D eigenvalue weighted by Gasteiger charge is -2.20. The summed E-state index contributed by atoms with van der Waals surface area (Å²) in [6.45, 7) is 4.36. The Morgan fingerprint density at radius 2 is 2.06 bits per heavy atom. The third kappa shape index (κ3) is 3.84. The molecule has 1 nitrogen and oxygen atoms in total. The van der Waals surface area contributed by atoms with Gasteiger partial charge < -0.3 is 5.32 Å². The number of hydrogen-bond donors (Lipinski definition) is 1. The first-order valence-electron chi connectivity index (χ1n) is 6.19. The highest BCUT2D eigenvalue weighted by Gasteiger charge is 2.14. The van der Waals surface area contributed by atoms with Crippen LogP contribution in [0.4, 0.5) is 0 Å². The number of nitrogens with one attached hydrogen (secondary N) is 1. The molecule has 0 spiro atoms. The third-order valence-corrected chi connectivity index (χ3v) is 3.97. The zero-order valence-electron chi connectivity index (χ0n) is 10.7. The van der Waals surface area contributed by atoms with Crippen molar-refractivity contribution in [2.24, 2.45) is 0 Å². The van der Waals surface area contributed by atoms with Gasteiger partial charge in [-0.2, -0.15) is 0 Å². The van der Waals surface area contributed by atoms with Crippen LogP contribution in [-0.2, 0) is 6.42 Å². The average molecular weight is 280 g/mol. The molecule has 1 aromatic carbocycles. The van der Waals surface area contributed by atoms with Crippen molar-refractivity contribution in [2.75, 3.05) is 0 Å². The second kappa shape index (κ2) is 6.37. The number of thiophene rings is 1. The molecule has 0 bridgehead atoms. The minimum absolute atomic E-state index is 0.364. The predicted octanol–water partition coefficient (Wildman–Crippen LogP) is 4.68. The largest absolute Gasteiger partial charge is 0.307 e. The van der Waals surface area contributed by atoms with E-state index in [1.165, 1.54) is 10.4 Å². The van der Waals surface area contributed by atoms with E-state index in [0.29, 0.717) is 12.1 Å². The van der Waals surface area contributed by atoms with Crippen molar-refractivity contribution in [3.8, 4) is 0 Å². The molecular weight excluding hydrogens is 262 g/mol. The van der Waals surface area contributed by atoms with Gasteiger partial charge in [-0.1, -0.05) is 43.6 Å². The highest BCUT2D eigenvalue weighted by atomic mass is 35.5. The lowest BCUT2D eigenvalue weighted by molar-refractivity contribution is 0.480. The maximum atomic E-state index is 6.04. The molecule has 0 saturated heterocycles. The van der Waals surface area contributed by atoms with Gasteiger partial charge in [-0.25, -0.2) is 0 Å². The van der Waals surface area contributed by atoms with Gasteiger partial charge in [0.15, 0.2) is 0 Å². The second-order valence-electron chi connectivity index (χ2n) is 4.72. The van der Waals surface area contributed by atoms with Gasteiger partial charge in [0.1, 0.15) is 0 Å². The van der Waals surface area contributed by atoms with Crippen molar-refractivity contribution in [1.29, 1.82) is 0 Å². The van der Waals surface area contributed by atoms with Crippen LogP contribution in [0.15, 0.2) is 41.8 Å². The van der Waals surface area contributed by atoms with Crippen molar-refractivity contribution in [1.82, 2.24) is 5.32 Å². The summed E-state index contributed by atoms with van der Waals surface area (Å²) >= 11 is 7.84. The van der Waals surface area contributed by atoms with Crippen molar-refractivity contribution < 1.29 is 0 Å². The zero-order chi connectivity index (χ0) is 13.0. The fraction of sp³-hybridized carbons (Fsp3) is 0.333. The summed E-state index contributed by atoms with van der Waals surface area (Å²) in [5.41, 5.74) is 1.27. The zero-order valence-corrected chi connectivity index (χ0v) is 12.3. The highest BCUT2D eigenvalue weighted by Crippen LogP contribution is 2.24. The molecule has 0 aliphatic heterocycles. The first-order valence-corrected chi connectivity index (χ1v) is 7.45. The smallest absolute Gasteiger partial charge is 0.0457 e. The molecule has 0 radical (unpaired) electrons. The molecule has 1 aromatic heterocycles. The van der Waals surface area contributed by atoms with E-state index in [-0.39, 0.29) is 0 Å². The lowest BCUT2D eigenvalue weighted by Crippen LogP contribution is -2.29. The van der Waals surface area contributed by atoms with Gasteiger partial charge in [-0.05, 0) is 35.6 Å². The first-order chi connectivity index (χ1) is 8.65. The first kappa shape index (κ1) is 13.6. The van der Waals surface area contributed by atoms with Gasteiger partial charge in [0.25, 0.3) is 0 Å². The monoisotopic (exact) mass is 279 g/mol. The van der Waals surface area contributed by atoms with Crippen molar-refractivity contribution in [3.63, 3.8) is 0 Å². The maximum absolute atomic E-state index is 6.04. The highest BCUT2D eigenvalue weighted by molar-refractivity contribution is 7.10. The summed E-state index contributed by atoms with van der Waals surface area (Å²) in [6.07, 6.45) is 0.971. The predicted molar refractivity (Wildman–Crippen MR) is 80.5 cm³/mol. The van der Waals surface area contributed by atoms with E-state index in [4.69, 9.17) is 11.6 Å². The van der Waals surface area contributed by atoms with Gasteiger partial charge >= 0.3 is 0 Å². The third-order valence-electron chi connectivity index (χ3n) is 2.75. The van der Waals surface area contributed by atoms with Crippen LogP contribution in [0.25, 0.3) is 0 Å². The summed E-state index contributed by atoms with van der Waals surface area (Å²) in [5, 5.41) is 6.55. The van der Waals surface area contributed by atoms with Gasteiger partial charge in [0.05, 0.1) is 0 Å². The number of halogens is 1. The normalized spacial score (nSPS) is 12.9. The van der Waals surface area contributed by atoms with Crippen LogP contribution >= 0.6 is 22.9 Å². The molecule has 1 unspecified atom stereocenters. The minimum Gasteiger partial charge on any atom is -0.307 e. The van der Waals surface area contributed by atoms with E-state index in [2.05, 4.69) is 42.7 Å². The molecule has 0 amide bonds. The Hall–Kier alpha value is -0.830. The summed E-state index contributed by atoms with van der Waals surface area (Å²) in [6, 6.07) is 13.2. The quantitative estimate of drug-likeness (QED) is 0.838. The fourth-order valence-electron chi connectivity index (χ4n) is 2.03. The number of rotatable bonds is 5. The van der Waals surface area contributed by atoms with Gasteiger partial charge in [0, 0.05) is 22.0 Å². The molecule has 0 aliphatic rings. The standard InChI is InChI=1S/C15H18ClNS/c1-11(2)17-14(15-7-4-8-18-15)10-12-5-3-6-13(16)9-12/h3-9,11,14,17H,10H2,1-2H3. The van der Waals surface area contributed by atoms with Crippen LogP contribution in [-0.4, -0.2) is 6.04 Å². The van der Waals surface area contributed by atoms with Crippen LogP contribution in [0, 0.1) is 0 Å². The Balaban J connectivity index is 2.15. The van der Waals surface area contributed by atoms with Crippen LogP contribution in [0.2, 0.25) is 5.02 Å². The Kier molecular flexibility index (Phi) is 4.81. The molecule has 18 heavy (non-hydrogen) atoms. The summed E-state index contributed by atoms with van der Waals surface area (Å²) in [4.78, 5) is 1.38. The van der Waals surface area contributed by atoms with Gasteiger partial charge in [-0.15, -0.1) is 11.3 Å². The van der Waals surface area contributed by atoms with Crippen molar-refractivity contribution in [2.45, 2.75) is 32.4 Å². The molecule has 0 saturated carbocycles. The fourth-order valence-corrected chi connectivity index (χ4v) is 3.03. The van der Waals surface area contributed by atoms with E-state index in [9.17, 15) is 0 Å². The average Bonchev–Trinajstić information content (AvgIpc) is 2.80. The van der Waals surface area contributed by atoms with E-state index in [0.717, 1.165) is 11.4 Å². The molecule has 2 rings (SSSR count). The van der Waals surface area contributed by atoms with E-state index in [1.807, 2.05) is 18.2 Å². The topological polar surface area (TPSA) is 12.0 Å². The molecule has 0 aliphatic carbocycles. The number of benzene rings is 1. The molecule has 1 heterocycles. The Morgan fingerprint density at radius 3 is 2.67 bits per heavy atom. The van der Waals surface area contributed by atoms with Crippen LogP contribution < -0.4 is 5.32 Å². The molecular formula is C15H18ClNS. The SMILES string of the molecule is CC(C)NC(Cc1cccc(Cl)c1)c1cccs1. The van der Waals surface area contributed by atoms with E-state index < -0.39 is 0 Å². The molecule has 2 aromatic rings. The Labute approximate surface area is 118 Å². The Bertz CT molecular complexity index is 479. The minimum atomic E-state index is 0.364. The molecule has 3 heteroatoms. The van der Waals surface area contributed by atoms with E-state index >= 15 is 0 Å². The Morgan fingerprint density at radius 1 is 1.22 bits per heavy atom. The molecule has 1 N–H and O–H groups in total. The summed E-state index contributed by atoms with van der Waals surface area (Å²) < 4.78 is 0. The molecule has 0 fully saturated rings. The molecule has 1 atom stereocenters. The lowest BCUT2D eigenvalue weighted by atomic mass is 10.0. The van der Waals surface area contributed by atoms with Crippen LogP contribution in [0.3, 0.4) is 0 Å². The summed E-state index contributed by atoms with van der Waals surface area (Å²) in [5.74, 6) is 0. The van der Waals surface area contributed by atoms with E-state index in [1.54, 1.807) is 11.3 Å². The van der Waals surface area contributed by atoms with Gasteiger partial charge in [0.2, 0.25) is 0 Å². The second-order valence-corrected chi connectivity index (χ2v) is 6.14. The maximum Gasteiger partial charge on any atom is 0.0457 e. The van der Waals surface area contributed by atoms with Crippen molar-refractivity contribution >= 4 is 22.9 Å². The van der Waals surface area contributed by atoms with Gasteiger partial charge in [-0.3, -0.25) is 0 Å². The van der Waals surface area contributed by atoms with Crippen LogP contribution in [0.1, 0.15) is 30.3 Å². The van der Waals surface area contributed by atoms with Crippen LogP contribution in [0.5, 0.6) is 0 Å².